The van der Waals surface area contributed by atoms with Gasteiger partial charge in [0.25, 0.3) is 0 Å². The van der Waals surface area contributed by atoms with Crippen LogP contribution in [0, 0.1) is 0 Å². The van der Waals surface area contributed by atoms with E-state index >= 15 is 0 Å². The number of halogens is 4. The molecule has 0 saturated carbocycles. The molecule has 2 aromatic carbocycles. The van der Waals surface area contributed by atoms with Crippen LogP contribution >= 0.6 is 11.6 Å². The molecule has 0 bridgehead atoms. The van der Waals surface area contributed by atoms with E-state index in [0.29, 0.717) is 21.1 Å². The summed E-state index contributed by atoms with van der Waals surface area (Å²) in [6.07, 6.45) is -4.97. The molecule has 0 aliphatic heterocycles. The first-order chi connectivity index (χ1) is 13.7. The van der Waals surface area contributed by atoms with E-state index < -0.39 is 23.7 Å². The van der Waals surface area contributed by atoms with Crippen molar-refractivity contribution in [2.24, 2.45) is 0 Å². The molecule has 6 nitrogen and oxygen atoms in total. The molecule has 0 atom stereocenters. The van der Waals surface area contributed by atoms with Crippen LogP contribution in [0.3, 0.4) is 0 Å². The van der Waals surface area contributed by atoms with Crippen molar-refractivity contribution in [1.29, 1.82) is 0 Å². The van der Waals surface area contributed by atoms with Gasteiger partial charge in [-0.15, -0.1) is 0 Å². The molecule has 152 valence electrons. The highest BCUT2D eigenvalue weighted by molar-refractivity contribution is 6.30. The number of nitrogens with zero attached hydrogens (tertiary/aromatic N) is 3. The van der Waals surface area contributed by atoms with Gasteiger partial charge in [-0.2, -0.15) is 18.3 Å². The van der Waals surface area contributed by atoms with Crippen LogP contribution in [-0.2, 0) is 6.18 Å². The Morgan fingerprint density at radius 3 is 2.28 bits per heavy atom. The smallest absolute Gasteiger partial charge is 0.437 e. The number of carbonyl (C=O) groups is 1. The zero-order valence-corrected chi connectivity index (χ0v) is 16.0. The number of anilines is 1. The molecule has 0 unspecified atom stereocenters. The van der Waals surface area contributed by atoms with E-state index in [0.717, 1.165) is 11.1 Å². The third-order valence-electron chi connectivity index (χ3n) is 4.01. The lowest BCUT2D eigenvalue weighted by atomic mass is 10.3. The number of methoxy groups -OCH3 is 1. The summed E-state index contributed by atoms with van der Waals surface area (Å²) in [5, 5.41) is 4.09. The summed E-state index contributed by atoms with van der Waals surface area (Å²) in [4.78, 5) is 13.5. The highest BCUT2D eigenvalue weighted by Gasteiger charge is 2.40. The summed E-state index contributed by atoms with van der Waals surface area (Å²) in [6.45, 7) is 0. The van der Waals surface area contributed by atoms with Crippen molar-refractivity contribution in [3.05, 3.63) is 65.4 Å². The Balaban J connectivity index is 1.90. The lowest BCUT2D eigenvalue weighted by Gasteiger charge is -2.18. The second kappa shape index (κ2) is 8.04. The molecule has 0 saturated heterocycles. The van der Waals surface area contributed by atoms with Crippen LogP contribution in [0.5, 0.6) is 11.5 Å². The maximum absolute atomic E-state index is 13.7. The van der Waals surface area contributed by atoms with Crippen molar-refractivity contribution in [3.8, 4) is 17.2 Å². The second-order valence-corrected chi connectivity index (χ2v) is 6.30. The van der Waals surface area contributed by atoms with Gasteiger partial charge in [0.1, 0.15) is 5.75 Å². The summed E-state index contributed by atoms with van der Waals surface area (Å²) in [5.41, 5.74) is -0.682. The Bertz CT molecular complexity index is 1000. The van der Waals surface area contributed by atoms with E-state index in [1.165, 1.54) is 38.4 Å². The third-order valence-corrected chi connectivity index (χ3v) is 4.26. The van der Waals surface area contributed by atoms with Crippen LogP contribution < -0.4 is 14.4 Å². The fourth-order valence-corrected chi connectivity index (χ4v) is 2.65. The van der Waals surface area contributed by atoms with E-state index in [4.69, 9.17) is 21.1 Å². The first-order valence-electron chi connectivity index (χ1n) is 8.21. The van der Waals surface area contributed by atoms with E-state index in [-0.39, 0.29) is 5.69 Å². The number of aromatic nitrogens is 2. The molecule has 10 heteroatoms. The Kier molecular flexibility index (Phi) is 5.69. The van der Waals surface area contributed by atoms with Gasteiger partial charge >= 0.3 is 12.3 Å². The van der Waals surface area contributed by atoms with Crippen LogP contribution in [0.4, 0.5) is 23.7 Å². The Morgan fingerprint density at radius 2 is 1.72 bits per heavy atom. The zero-order chi connectivity index (χ0) is 21.2. The maximum Gasteiger partial charge on any atom is 0.437 e. The largest absolute Gasteiger partial charge is 0.497 e. The predicted octanol–water partition coefficient (Wildman–Crippen LogP) is 5.19. The minimum atomic E-state index is -4.82. The van der Waals surface area contributed by atoms with Gasteiger partial charge in [-0.3, -0.25) is 4.90 Å². The van der Waals surface area contributed by atoms with Gasteiger partial charge in [-0.25, -0.2) is 9.48 Å². The van der Waals surface area contributed by atoms with Crippen molar-refractivity contribution < 1.29 is 27.4 Å². The molecule has 1 amide bonds. The lowest BCUT2D eigenvalue weighted by molar-refractivity contribution is -0.143. The topological polar surface area (TPSA) is 56.6 Å². The molecule has 0 spiro atoms. The molecule has 29 heavy (non-hydrogen) atoms. The third kappa shape index (κ3) is 4.45. The number of amides is 1. The molecule has 1 aromatic heterocycles. The summed E-state index contributed by atoms with van der Waals surface area (Å²) in [6, 6.07) is 12.0. The van der Waals surface area contributed by atoms with Gasteiger partial charge in [-0.1, -0.05) is 11.6 Å². The van der Waals surface area contributed by atoms with Gasteiger partial charge in [0.05, 0.1) is 19.0 Å². The van der Waals surface area contributed by atoms with Crippen LogP contribution in [0.2, 0.25) is 5.02 Å². The average molecular weight is 426 g/mol. The van der Waals surface area contributed by atoms with Crippen LogP contribution in [0.1, 0.15) is 5.69 Å². The van der Waals surface area contributed by atoms with E-state index in [1.54, 1.807) is 24.3 Å². The number of alkyl halides is 3. The SMILES string of the molecule is COc1ccc(N(C)C(=O)Oc2cnn(-c3ccc(Cl)cc3)c2C(F)(F)F)cc1. The quantitative estimate of drug-likeness (QED) is 0.577. The van der Waals surface area contributed by atoms with E-state index in [1.807, 2.05) is 0 Å². The molecule has 0 radical (unpaired) electrons. The standard InChI is InChI=1S/C19H15ClF3N3O3/c1-25(13-7-9-15(28-2)10-8-13)18(27)29-16-11-24-26(17(16)19(21,22)23)14-5-3-12(20)4-6-14/h3-11H,1-2H3. The molecule has 3 aromatic rings. The number of carbonyl (C=O) groups excluding carboxylic acids is 1. The minimum absolute atomic E-state index is 0.118. The van der Waals surface area contributed by atoms with Gasteiger partial charge in [-0.05, 0) is 48.5 Å². The number of hydrogen-bond donors (Lipinski definition) is 0. The van der Waals surface area contributed by atoms with Crippen LogP contribution in [-0.4, -0.2) is 30.0 Å². The predicted molar refractivity (Wildman–Crippen MR) is 101 cm³/mol. The van der Waals surface area contributed by atoms with Crippen molar-refractivity contribution in [2.75, 3.05) is 19.1 Å². The fraction of sp³-hybridized carbons (Fsp3) is 0.158. The number of rotatable bonds is 4. The van der Waals surface area contributed by atoms with Gasteiger partial charge in [0.2, 0.25) is 0 Å². The zero-order valence-electron chi connectivity index (χ0n) is 15.3. The Labute approximate surface area is 169 Å². The normalized spacial score (nSPS) is 11.2. The molecular formula is C19H15ClF3N3O3. The fourth-order valence-electron chi connectivity index (χ4n) is 2.52. The van der Waals surface area contributed by atoms with Crippen molar-refractivity contribution in [2.45, 2.75) is 6.18 Å². The maximum atomic E-state index is 13.7. The average Bonchev–Trinajstić information content (AvgIpc) is 3.12. The van der Waals surface area contributed by atoms with E-state index in [2.05, 4.69) is 5.10 Å². The highest BCUT2D eigenvalue weighted by atomic mass is 35.5. The molecule has 1 heterocycles. The summed E-state index contributed by atoms with van der Waals surface area (Å²) in [5.74, 6) is -0.142. The molecular weight excluding hydrogens is 411 g/mol. The van der Waals surface area contributed by atoms with Crippen LogP contribution in [0.25, 0.3) is 5.69 Å². The first kappa shape index (κ1) is 20.5. The first-order valence-corrected chi connectivity index (χ1v) is 8.59. The Hall–Kier alpha value is -3.20. The van der Waals surface area contributed by atoms with Gasteiger partial charge < -0.3 is 9.47 Å². The lowest BCUT2D eigenvalue weighted by Crippen LogP contribution is -2.30. The summed E-state index contributed by atoms with van der Waals surface area (Å²) < 4.78 is 51.7. The monoisotopic (exact) mass is 425 g/mol. The number of ether oxygens (including phenoxy) is 2. The van der Waals surface area contributed by atoms with Crippen LogP contribution in [0.15, 0.2) is 54.7 Å². The molecule has 0 N–H and O–H groups in total. The molecule has 0 aliphatic rings. The van der Waals surface area contributed by atoms with Crippen molar-refractivity contribution in [3.63, 3.8) is 0 Å². The van der Waals surface area contributed by atoms with Gasteiger partial charge in [0.15, 0.2) is 11.4 Å². The minimum Gasteiger partial charge on any atom is -0.497 e. The Morgan fingerprint density at radius 1 is 1.10 bits per heavy atom. The van der Waals surface area contributed by atoms with E-state index in [9.17, 15) is 18.0 Å². The molecule has 3 rings (SSSR count). The summed E-state index contributed by atoms with van der Waals surface area (Å²) in [7, 11) is 2.87. The van der Waals surface area contributed by atoms with Crippen molar-refractivity contribution >= 4 is 23.4 Å². The summed E-state index contributed by atoms with van der Waals surface area (Å²) >= 11 is 5.78. The number of benzene rings is 2. The highest BCUT2D eigenvalue weighted by Crippen LogP contribution is 2.38. The second-order valence-electron chi connectivity index (χ2n) is 5.87. The van der Waals surface area contributed by atoms with Crippen molar-refractivity contribution in [1.82, 2.24) is 9.78 Å². The molecule has 0 fully saturated rings. The molecule has 0 aliphatic carbocycles. The number of hydrogen-bond acceptors (Lipinski definition) is 4. The van der Waals surface area contributed by atoms with Gasteiger partial charge in [0, 0.05) is 17.8 Å².